The van der Waals surface area contributed by atoms with E-state index < -0.39 is 10.4 Å². The number of unbranched alkanes of at least 4 members (excludes halogenated alkanes) is 16. The van der Waals surface area contributed by atoms with Crippen molar-refractivity contribution in [3.63, 3.8) is 0 Å². The van der Waals surface area contributed by atoms with Crippen molar-refractivity contribution in [3.05, 3.63) is 0 Å². The van der Waals surface area contributed by atoms with E-state index in [-0.39, 0.29) is 18.5 Å². The number of esters is 2. The van der Waals surface area contributed by atoms with Gasteiger partial charge in [0.15, 0.2) is 0 Å². The van der Waals surface area contributed by atoms with E-state index in [1.54, 1.807) is 0 Å². The molecule has 11 heteroatoms. The Morgan fingerprint density at radius 3 is 1.21 bits per heavy atom. The second-order valence-electron chi connectivity index (χ2n) is 11.7. The zero-order valence-corrected chi connectivity index (χ0v) is 28.8. The van der Waals surface area contributed by atoms with Gasteiger partial charge in [0.05, 0.1) is 20.8 Å². The number of aliphatic hydroxyl groups excluding tert-OH is 1. The predicted molar refractivity (Wildman–Crippen MR) is 170 cm³/mol. The molecular formula is C32H65NO9S. The zero-order valence-electron chi connectivity index (χ0n) is 28.0. The van der Waals surface area contributed by atoms with Crippen molar-refractivity contribution < 1.29 is 45.8 Å². The molecule has 0 heterocycles. The summed E-state index contributed by atoms with van der Waals surface area (Å²) in [7, 11) is -1.59. The maximum atomic E-state index is 12.1. The normalized spacial score (nSPS) is 11.6. The lowest BCUT2D eigenvalue weighted by atomic mass is 10.1. The molecule has 0 amide bonds. The van der Waals surface area contributed by atoms with Crippen LogP contribution in [0.1, 0.15) is 142 Å². The van der Waals surface area contributed by atoms with Crippen LogP contribution in [-0.2, 0) is 33.6 Å². The molecule has 0 atom stereocenters. The van der Waals surface area contributed by atoms with E-state index in [0.717, 1.165) is 32.8 Å². The maximum Gasteiger partial charge on any atom is 0.305 e. The van der Waals surface area contributed by atoms with Gasteiger partial charge in [0.2, 0.25) is 10.4 Å². The number of carbonyl (C=O) groups is 2. The monoisotopic (exact) mass is 639 g/mol. The van der Waals surface area contributed by atoms with Gasteiger partial charge in [0.1, 0.15) is 32.8 Å². The third kappa shape index (κ3) is 35.1. The van der Waals surface area contributed by atoms with E-state index >= 15 is 0 Å². The van der Waals surface area contributed by atoms with E-state index in [0.29, 0.717) is 50.2 Å². The molecule has 0 spiro atoms. The summed E-state index contributed by atoms with van der Waals surface area (Å²) in [5, 5.41) is 9.48. The van der Waals surface area contributed by atoms with Gasteiger partial charge in [-0.05, 0) is 12.8 Å². The zero-order chi connectivity index (χ0) is 32.7. The SMILES string of the molecule is CCCCCCCCCCCC(=O)OCC[N+](C)(CCO)CCOC(=O)CCCCCCCCCCC.COS(=O)(=O)[O-]. The van der Waals surface area contributed by atoms with E-state index in [9.17, 15) is 27.7 Å². The highest BCUT2D eigenvalue weighted by Gasteiger charge is 2.22. The van der Waals surface area contributed by atoms with Crippen molar-refractivity contribution in [2.24, 2.45) is 0 Å². The van der Waals surface area contributed by atoms with Gasteiger partial charge in [-0.25, -0.2) is 8.42 Å². The Hall–Kier alpha value is -1.27. The molecule has 0 unspecified atom stereocenters. The summed E-state index contributed by atoms with van der Waals surface area (Å²) in [5.41, 5.74) is 0. The second kappa shape index (κ2) is 30.7. The standard InChI is InChI=1S/C31H62NO5.CH4O4S/c1-4-6-8-10-12-14-16-18-20-22-30(34)36-28-25-32(3,24-27-33)26-29-37-31(35)23-21-19-17-15-13-11-9-7-5-2;1-5-6(2,3)4/h33H,4-29H2,1-3H3;1H3,(H,2,3,4)/q+1;/p-1. The van der Waals surface area contributed by atoms with Gasteiger partial charge in [0.25, 0.3) is 0 Å². The molecule has 0 aromatic carbocycles. The molecule has 10 nitrogen and oxygen atoms in total. The quantitative estimate of drug-likeness (QED) is 0.0322. The van der Waals surface area contributed by atoms with Crippen LogP contribution in [0.4, 0.5) is 0 Å². The number of quaternary nitrogens is 1. The Morgan fingerprint density at radius 1 is 0.628 bits per heavy atom. The number of rotatable bonds is 29. The van der Waals surface area contributed by atoms with Gasteiger partial charge in [-0.1, -0.05) is 117 Å². The van der Waals surface area contributed by atoms with Crippen molar-refractivity contribution in [2.75, 3.05) is 53.6 Å². The number of aliphatic hydroxyl groups is 1. The Labute approximate surface area is 263 Å². The minimum absolute atomic E-state index is 0.0509. The second-order valence-corrected chi connectivity index (χ2v) is 12.8. The summed E-state index contributed by atoms with van der Waals surface area (Å²) in [6.45, 7) is 6.96. The number of ether oxygens (including phenoxy) is 2. The predicted octanol–water partition coefficient (Wildman–Crippen LogP) is 6.45. The summed E-state index contributed by atoms with van der Waals surface area (Å²) in [5.74, 6) is -0.267. The fraction of sp³-hybridized carbons (Fsp3) is 0.938. The Bertz CT molecular complexity index is 707. The first kappa shape index (κ1) is 43.9. The number of hydrogen-bond acceptors (Lipinski definition) is 9. The lowest BCUT2D eigenvalue weighted by Gasteiger charge is -2.33. The highest BCUT2D eigenvalue weighted by molar-refractivity contribution is 7.80. The molecule has 0 saturated heterocycles. The molecular weight excluding hydrogens is 574 g/mol. The minimum atomic E-state index is -4.41. The van der Waals surface area contributed by atoms with Crippen LogP contribution in [0.15, 0.2) is 0 Å². The van der Waals surface area contributed by atoms with Crippen molar-refractivity contribution >= 4 is 22.3 Å². The molecule has 0 aromatic rings. The number of carbonyl (C=O) groups excluding carboxylic acids is 2. The third-order valence-corrected chi connectivity index (χ3v) is 8.01. The van der Waals surface area contributed by atoms with Crippen LogP contribution >= 0.6 is 0 Å². The Kier molecular flexibility index (Phi) is 31.4. The van der Waals surface area contributed by atoms with E-state index in [2.05, 4.69) is 18.0 Å². The molecule has 0 aliphatic heterocycles. The average molecular weight is 640 g/mol. The van der Waals surface area contributed by atoms with Gasteiger partial charge < -0.3 is 23.6 Å². The highest BCUT2D eigenvalue weighted by atomic mass is 32.3. The summed E-state index contributed by atoms with van der Waals surface area (Å²) in [6.07, 6.45) is 23.1. The fourth-order valence-electron chi connectivity index (χ4n) is 4.64. The average Bonchev–Trinajstić information content (AvgIpc) is 2.95. The molecule has 0 rings (SSSR count). The Morgan fingerprint density at radius 2 is 0.930 bits per heavy atom. The van der Waals surface area contributed by atoms with Crippen LogP contribution in [0.3, 0.4) is 0 Å². The topological polar surface area (TPSA) is 139 Å². The molecule has 1 N–H and O–H groups in total. The fourth-order valence-corrected chi connectivity index (χ4v) is 4.64. The minimum Gasteiger partial charge on any atom is -0.726 e. The highest BCUT2D eigenvalue weighted by Crippen LogP contribution is 2.12. The van der Waals surface area contributed by atoms with Crippen LogP contribution in [0.5, 0.6) is 0 Å². The molecule has 258 valence electrons. The summed E-state index contributed by atoms with van der Waals surface area (Å²) in [4.78, 5) is 24.1. The molecule has 0 saturated carbocycles. The number of likely N-dealkylation sites (N-methyl/N-ethyl adjacent to an activating group) is 1. The lowest BCUT2D eigenvalue weighted by Crippen LogP contribution is -2.50. The molecule has 0 fully saturated rings. The first-order valence-corrected chi connectivity index (χ1v) is 18.1. The van der Waals surface area contributed by atoms with Crippen LogP contribution < -0.4 is 0 Å². The van der Waals surface area contributed by atoms with Crippen LogP contribution in [-0.4, -0.2) is 88.1 Å². The van der Waals surface area contributed by atoms with E-state index in [4.69, 9.17) is 9.47 Å². The first-order chi connectivity index (χ1) is 20.5. The van der Waals surface area contributed by atoms with Crippen molar-refractivity contribution in [1.29, 1.82) is 0 Å². The van der Waals surface area contributed by atoms with Crippen molar-refractivity contribution in [1.82, 2.24) is 0 Å². The molecule has 0 aliphatic rings. The van der Waals surface area contributed by atoms with Gasteiger partial charge in [-0.15, -0.1) is 0 Å². The maximum absolute atomic E-state index is 12.1. The third-order valence-electron chi connectivity index (χ3n) is 7.60. The van der Waals surface area contributed by atoms with Crippen molar-refractivity contribution in [2.45, 2.75) is 142 Å². The van der Waals surface area contributed by atoms with Gasteiger partial charge in [-0.2, -0.15) is 0 Å². The van der Waals surface area contributed by atoms with E-state index in [1.165, 1.54) is 89.9 Å². The lowest BCUT2D eigenvalue weighted by molar-refractivity contribution is -0.910. The molecule has 0 bridgehead atoms. The summed E-state index contributed by atoms with van der Waals surface area (Å²) >= 11 is 0. The van der Waals surface area contributed by atoms with E-state index in [1.807, 2.05) is 7.05 Å². The summed E-state index contributed by atoms with van der Waals surface area (Å²) < 4.78 is 42.4. The first-order valence-electron chi connectivity index (χ1n) is 16.8. The van der Waals surface area contributed by atoms with Crippen LogP contribution in [0.2, 0.25) is 0 Å². The van der Waals surface area contributed by atoms with Crippen LogP contribution in [0, 0.1) is 0 Å². The molecule has 0 aromatic heterocycles. The molecule has 0 radical (unpaired) electrons. The molecule has 43 heavy (non-hydrogen) atoms. The van der Waals surface area contributed by atoms with Crippen molar-refractivity contribution in [3.8, 4) is 0 Å². The Balaban J connectivity index is 0. The molecule has 0 aliphatic carbocycles. The van der Waals surface area contributed by atoms with Gasteiger partial charge in [-0.3, -0.25) is 13.8 Å². The summed E-state index contributed by atoms with van der Waals surface area (Å²) in [6, 6.07) is 0. The van der Waals surface area contributed by atoms with Crippen LogP contribution in [0.25, 0.3) is 0 Å². The van der Waals surface area contributed by atoms with Gasteiger partial charge >= 0.3 is 11.9 Å². The van der Waals surface area contributed by atoms with Gasteiger partial charge in [0, 0.05) is 12.8 Å². The number of hydrogen-bond donors (Lipinski definition) is 1. The number of nitrogens with zero attached hydrogens (tertiary/aromatic N) is 1. The smallest absolute Gasteiger partial charge is 0.305 e. The largest absolute Gasteiger partial charge is 0.726 e.